The fourth-order valence-electron chi connectivity index (χ4n) is 0.681. The van der Waals surface area contributed by atoms with Gasteiger partial charge in [0.1, 0.15) is 6.10 Å². The molecule has 0 radical (unpaired) electrons. The van der Waals surface area contributed by atoms with Crippen LogP contribution in [0.1, 0.15) is 6.92 Å². The van der Waals surface area contributed by atoms with Crippen LogP contribution in [-0.2, 0) is 9.47 Å². The average Bonchev–Trinajstić information content (AvgIpc) is 1.97. The zero-order valence-electron chi connectivity index (χ0n) is 7.33. The van der Waals surface area contributed by atoms with Gasteiger partial charge in [-0.25, -0.2) is 0 Å². The van der Waals surface area contributed by atoms with E-state index in [2.05, 4.69) is 5.32 Å². The summed E-state index contributed by atoms with van der Waals surface area (Å²) in [4.78, 5) is 0. The fourth-order valence-corrected chi connectivity index (χ4v) is 0.681. The summed E-state index contributed by atoms with van der Waals surface area (Å²) in [5.41, 5.74) is 0. The van der Waals surface area contributed by atoms with Gasteiger partial charge in [-0.15, -0.1) is 0 Å². The number of hydrogen-bond acceptors (Lipinski definition) is 4. The first kappa shape index (κ1) is 10.8. The molecule has 0 aromatic rings. The average molecular weight is 163 g/mol. The van der Waals surface area contributed by atoms with Crippen molar-refractivity contribution in [2.75, 3.05) is 27.3 Å². The van der Waals surface area contributed by atoms with Gasteiger partial charge in [0.25, 0.3) is 0 Å². The minimum Gasteiger partial charge on any atom is -0.388 e. The third-order valence-electron chi connectivity index (χ3n) is 1.26. The van der Waals surface area contributed by atoms with Crippen molar-refractivity contribution in [3.8, 4) is 0 Å². The Kier molecular flexibility index (Phi) is 6.45. The van der Waals surface area contributed by atoms with E-state index in [4.69, 9.17) is 14.6 Å². The number of aliphatic hydroxyl groups excluding tert-OH is 1. The van der Waals surface area contributed by atoms with Gasteiger partial charge in [-0.2, -0.15) is 0 Å². The van der Waals surface area contributed by atoms with E-state index >= 15 is 0 Å². The van der Waals surface area contributed by atoms with Gasteiger partial charge in [-0.1, -0.05) is 0 Å². The van der Waals surface area contributed by atoms with E-state index in [1.54, 1.807) is 6.92 Å². The second-order valence-electron chi connectivity index (χ2n) is 2.32. The number of hydrogen-bond donors (Lipinski definition) is 2. The Morgan fingerprint density at radius 1 is 1.55 bits per heavy atom. The molecule has 0 aliphatic heterocycles. The third-order valence-corrected chi connectivity index (χ3v) is 1.26. The van der Waals surface area contributed by atoms with Crippen molar-refractivity contribution < 1.29 is 14.6 Å². The quantitative estimate of drug-likeness (QED) is 0.412. The molecule has 0 aliphatic rings. The maximum Gasteiger partial charge on any atom is 0.182 e. The Morgan fingerprint density at radius 2 is 2.18 bits per heavy atom. The Hall–Kier alpha value is -0.160. The number of methoxy groups -OCH3 is 1. The van der Waals surface area contributed by atoms with Crippen LogP contribution < -0.4 is 5.32 Å². The van der Waals surface area contributed by atoms with Crippen LogP contribution >= 0.6 is 0 Å². The lowest BCUT2D eigenvalue weighted by atomic mass is 10.4. The first-order chi connectivity index (χ1) is 5.22. The van der Waals surface area contributed by atoms with Gasteiger partial charge in [0, 0.05) is 13.7 Å². The summed E-state index contributed by atoms with van der Waals surface area (Å²) >= 11 is 0. The van der Waals surface area contributed by atoms with E-state index in [0.29, 0.717) is 6.61 Å². The topological polar surface area (TPSA) is 50.7 Å². The molecule has 0 aromatic heterocycles. The maximum atomic E-state index is 9.04. The number of rotatable bonds is 6. The molecule has 0 saturated carbocycles. The summed E-state index contributed by atoms with van der Waals surface area (Å²) < 4.78 is 10.0. The van der Waals surface area contributed by atoms with Gasteiger partial charge >= 0.3 is 0 Å². The molecule has 0 spiro atoms. The fraction of sp³-hybridized carbons (Fsp3) is 1.00. The lowest BCUT2D eigenvalue weighted by molar-refractivity contribution is -0.173. The van der Waals surface area contributed by atoms with Crippen molar-refractivity contribution in [2.24, 2.45) is 0 Å². The van der Waals surface area contributed by atoms with Crippen molar-refractivity contribution in [3.63, 3.8) is 0 Å². The second kappa shape index (κ2) is 6.54. The summed E-state index contributed by atoms with van der Waals surface area (Å²) in [6.07, 6.45) is -1.10. The van der Waals surface area contributed by atoms with Gasteiger partial charge in [0.2, 0.25) is 0 Å². The summed E-state index contributed by atoms with van der Waals surface area (Å²) in [5.74, 6) is 0. The number of likely N-dealkylation sites (N-methyl/N-ethyl adjacent to an activating group) is 1. The van der Waals surface area contributed by atoms with Gasteiger partial charge in [0.05, 0.1) is 6.61 Å². The molecule has 0 fully saturated rings. The van der Waals surface area contributed by atoms with Crippen LogP contribution in [0.5, 0.6) is 0 Å². The Labute approximate surface area is 67.5 Å². The van der Waals surface area contributed by atoms with Crippen molar-refractivity contribution in [1.29, 1.82) is 0 Å². The first-order valence-corrected chi connectivity index (χ1v) is 3.69. The summed E-state index contributed by atoms with van der Waals surface area (Å²) in [5, 5.41) is 12.0. The number of nitrogens with one attached hydrogen (secondary N) is 1. The van der Waals surface area contributed by atoms with Gasteiger partial charge in [-0.3, -0.25) is 0 Å². The van der Waals surface area contributed by atoms with Crippen LogP contribution in [0.2, 0.25) is 0 Å². The molecular weight excluding hydrogens is 146 g/mol. The molecule has 4 heteroatoms. The van der Waals surface area contributed by atoms with Gasteiger partial charge < -0.3 is 19.9 Å². The van der Waals surface area contributed by atoms with E-state index in [-0.39, 0.29) is 0 Å². The zero-order chi connectivity index (χ0) is 8.69. The normalized spacial score (nSPS) is 16.4. The molecule has 2 atom stereocenters. The third kappa shape index (κ3) is 5.15. The van der Waals surface area contributed by atoms with Crippen molar-refractivity contribution >= 4 is 0 Å². The molecule has 1 unspecified atom stereocenters. The molecule has 0 aliphatic carbocycles. The minimum absolute atomic E-state index is 0.511. The van der Waals surface area contributed by atoms with Crippen LogP contribution in [0, 0.1) is 0 Å². The second-order valence-corrected chi connectivity index (χ2v) is 2.32. The van der Waals surface area contributed by atoms with Crippen LogP contribution in [0.3, 0.4) is 0 Å². The highest BCUT2D eigenvalue weighted by Gasteiger charge is 2.12. The lowest BCUT2D eigenvalue weighted by Crippen LogP contribution is -2.30. The van der Waals surface area contributed by atoms with E-state index in [0.717, 1.165) is 6.54 Å². The molecule has 0 heterocycles. The van der Waals surface area contributed by atoms with E-state index < -0.39 is 12.4 Å². The van der Waals surface area contributed by atoms with Crippen LogP contribution in [0.15, 0.2) is 0 Å². The molecule has 0 saturated heterocycles. The summed E-state index contributed by atoms with van der Waals surface area (Å²) in [6.45, 7) is 2.93. The standard InChI is InChI=1S/C7H17NO3/c1-6(9)7(10-3)11-5-4-8-2/h6-9H,4-5H2,1-3H3/t6?,7-/m1/s1. The van der Waals surface area contributed by atoms with Crippen LogP contribution in [0.4, 0.5) is 0 Å². The SMILES string of the molecule is CNCCO[C@@H](OC)C(C)O. The van der Waals surface area contributed by atoms with E-state index in [9.17, 15) is 0 Å². The molecule has 11 heavy (non-hydrogen) atoms. The highest BCUT2D eigenvalue weighted by atomic mass is 16.7. The minimum atomic E-state index is -0.586. The zero-order valence-corrected chi connectivity index (χ0v) is 7.33. The lowest BCUT2D eigenvalue weighted by Gasteiger charge is -2.18. The van der Waals surface area contributed by atoms with Crippen molar-refractivity contribution in [3.05, 3.63) is 0 Å². The highest BCUT2D eigenvalue weighted by Crippen LogP contribution is 1.98. The Balaban J connectivity index is 3.36. The van der Waals surface area contributed by atoms with Gasteiger partial charge in [-0.05, 0) is 14.0 Å². The summed E-state index contributed by atoms with van der Waals surface area (Å²) in [6, 6.07) is 0. The highest BCUT2D eigenvalue weighted by molar-refractivity contribution is 4.51. The predicted octanol–water partition coefficient (Wildman–Crippen LogP) is -0.424. The molecule has 0 aromatic carbocycles. The van der Waals surface area contributed by atoms with Crippen molar-refractivity contribution in [2.45, 2.75) is 19.3 Å². The summed E-state index contributed by atoms with van der Waals surface area (Å²) in [7, 11) is 3.35. The van der Waals surface area contributed by atoms with E-state index in [1.807, 2.05) is 7.05 Å². The monoisotopic (exact) mass is 163 g/mol. The molecule has 0 amide bonds. The smallest absolute Gasteiger partial charge is 0.182 e. The van der Waals surface area contributed by atoms with Gasteiger partial charge in [0.15, 0.2) is 6.29 Å². The maximum absolute atomic E-state index is 9.04. The van der Waals surface area contributed by atoms with Crippen molar-refractivity contribution in [1.82, 2.24) is 5.32 Å². The Bertz CT molecular complexity index is 87.8. The molecular formula is C7H17NO3. The number of aliphatic hydroxyl groups is 1. The van der Waals surface area contributed by atoms with Crippen LogP contribution in [0.25, 0.3) is 0 Å². The van der Waals surface area contributed by atoms with Crippen LogP contribution in [-0.4, -0.2) is 44.8 Å². The number of ether oxygens (including phenoxy) is 2. The van der Waals surface area contributed by atoms with E-state index in [1.165, 1.54) is 7.11 Å². The molecule has 0 bridgehead atoms. The predicted molar refractivity (Wildman–Crippen MR) is 42.4 cm³/mol. The largest absolute Gasteiger partial charge is 0.388 e. The molecule has 0 rings (SSSR count). The first-order valence-electron chi connectivity index (χ1n) is 3.69. The molecule has 68 valence electrons. The molecule has 4 nitrogen and oxygen atoms in total. The molecule has 2 N–H and O–H groups in total. The Morgan fingerprint density at radius 3 is 2.55 bits per heavy atom.